The molecule has 0 fully saturated rings. The molecule has 0 radical (unpaired) electrons. The third kappa shape index (κ3) is 3.29. The zero-order valence-corrected chi connectivity index (χ0v) is 10.6. The minimum absolute atomic E-state index is 0.219. The second-order valence-electron chi connectivity index (χ2n) is 4.33. The second kappa shape index (κ2) is 5.62. The molecule has 1 unspecified atom stereocenters. The van der Waals surface area contributed by atoms with Crippen LogP contribution in [0.25, 0.3) is 0 Å². The number of benzene rings is 1. The summed E-state index contributed by atoms with van der Waals surface area (Å²) in [5.74, 6) is -2.26. The number of carboxylic acids is 1. The average molecular weight is 253 g/mol. The number of carbonyl (C=O) groups is 2. The molecule has 1 aromatic rings. The van der Waals surface area contributed by atoms with E-state index in [1.807, 2.05) is 0 Å². The molecule has 5 heteroatoms. The molecule has 98 valence electrons. The van der Waals surface area contributed by atoms with Crippen LogP contribution < -0.4 is 4.90 Å². The molecule has 0 aliphatic rings. The van der Waals surface area contributed by atoms with E-state index >= 15 is 0 Å². The largest absolute Gasteiger partial charge is 0.481 e. The zero-order chi connectivity index (χ0) is 13.9. The lowest BCUT2D eigenvalue weighted by Gasteiger charge is -2.21. The van der Waals surface area contributed by atoms with Crippen LogP contribution >= 0.6 is 0 Å². The van der Waals surface area contributed by atoms with Crippen molar-refractivity contribution >= 4 is 17.6 Å². The van der Waals surface area contributed by atoms with E-state index in [1.165, 1.54) is 17.0 Å². The Morgan fingerprint density at radius 1 is 1.44 bits per heavy atom. The Hall–Kier alpha value is -1.91. The Bertz CT molecular complexity index is 473. The number of nitrogens with zero attached hydrogens (tertiary/aromatic N) is 1. The number of rotatable bonds is 4. The molecule has 0 aromatic heterocycles. The van der Waals surface area contributed by atoms with Crippen LogP contribution in [0.3, 0.4) is 0 Å². The fourth-order valence-electron chi connectivity index (χ4n) is 1.64. The van der Waals surface area contributed by atoms with Gasteiger partial charge in [-0.25, -0.2) is 4.39 Å². The van der Waals surface area contributed by atoms with Gasteiger partial charge in [-0.2, -0.15) is 0 Å². The van der Waals surface area contributed by atoms with Crippen molar-refractivity contribution in [2.24, 2.45) is 5.92 Å². The molecule has 0 spiro atoms. The van der Waals surface area contributed by atoms with E-state index in [0.717, 1.165) is 0 Å². The molecule has 1 aromatic carbocycles. The molecule has 18 heavy (non-hydrogen) atoms. The van der Waals surface area contributed by atoms with Crippen molar-refractivity contribution in [2.75, 3.05) is 11.9 Å². The number of carbonyl (C=O) groups excluding carboxylic acids is 1. The molecule has 0 saturated heterocycles. The molecule has 1 N–H and O–H groups in total. The van der Waals surface area contributed by atoms with E-state index in [2.05, 4.69) is 0 Å². The van der Waals surface area contributed by atoms with Crippen LogP contribution in [-0.2, 0) is 9.59 Å². The van der Waals surface area contributed by atoms with Gasteiger partial charge in [0.2, 0.25) is 5.91 Å². The van der Waals surface area contributed by atoms with E-state index < -0.39 is 11.9 Å². The third-order valence-corrected chi connectivity index (χ3v) is 2.76. The summed E-state index contributed by atoms with van der Waals surface area (Å²) in [4.78, 5) is 23.8. The van der Waals surface area contributed by atoms with Gasteiger partial charge in [-0.15, -0.1) is 0 Å². The highest BCUT2D eigenvalue weighted by Crippen LogP contribution is 2.19. The first-order chi connectivity index (χ1) is 8.32. The van der Waals surface area contributed by atoms with Crippen molar-refractivity contribution in [2.45, 2.75) is 20.3 Å². The van der Waals surface area contributed by atoms with E-state index in [0.29, 0.717) is 11.3 Å². The lowest BCUT2D eigenvalue weighted by atomic mass is 10.1. The average Bonchev–Trinajstić information content (AvgIpc) is 2.30. The van der Waals surface area contributed by atoms with Gasteiger partial charge >= 0.3 is 5.97 Å². The minimum Gasteiger partial charge on any atom is -0.481 e. The monoisotopic (exact) mass is 253 g/mol. The van der Waals surface area contributed by atoms with Gasteiger partial charge in [0.15, 0.2) is 0 Å². The summed E-state index contributed by atoms with van der Waals surface area (Å²) >= 11 is 0. The fraction of sp³-hybridized carbons (Fsp3) is 0.385. The first-order valence-electron chi connectivity index (χ1n) is 5.58. The zero-order valence-electron chi connectivity index (χ0n) is 10.6. The van der Waals surface area contributed by atoms with Gasteiger partial charge in [0.1, 0.15) is 5.82 Å². The van der Waals surface area contributed by atoms with Crippen LogP contribution in [0.1, 0.15) is 18.9 Å². The van der Waals surface area contributed by atoms with Crippen molar-refractivity contribution in [3.05, 3.63) is 29.6 Å². The van der Waals surface area contributed by atoms with Crippen LogP contribution in [0, 0.1) is 18.7 Å². The van der Waals surface area contributed by atoms with Crippen molar-refractivity contribution in [3.8, 4) is 0 Å². The number of halogens is 1. The number of amides is 1. The van der Waals surface area contributed by atoms with Crippen LogP contribution in [-0.4, -0.2) is 24.0 Å². The minimum atomic E-state index is -1.01. The van der Waals surface area contributed by atoms with E-state index in [1.54, 1.807) is 27.0 Å². The smallest absolute Gasteiger partial charge is 0.304 e. The van der Waals surface area contributed by atoms with Gasteiger partial charge in [-0.1, -0.05) is 6.92 Å². The Balaban J connectivity index is 2.85. The predicted octanol–water partition coefficient (Wildman–Crippen LogP) is 2.21. The van der Waals surface area contributed by atoms with Crippen molar-refractivity contribution < 1.29 is 19.1 Å². The summed E-state index contributed by atoms with van der Waals surface area (Å²) in [6.07, 6.45) is -0.219. The van der Waals surface area contributed by atoms with Crippen LogP contribution in [0.15, 0.2) is 18.2 Å². The summed E-state index contributed by atoms with van der Waals surface area (Å²) in [6, 6.07) is 4.34. The highest BCUT2D eigenvalue weighted by molar-refractivity contribution is 5.95. The highest BCUT2D eigenvalue weighted by atomic mass is 19.1. The Labute approximate surface area is 105 Å². The number of anilines is 1. The van der Waals surface area contributed by atoms with Crippen LogP contribution in [0.5, 0.6) is 0 Å². The predicted molar refractivity (Wildman–Crippen MR) is 66.0 cm³/mol. The number of carboxylic acid groups (broad SMARTS) is 1. The molecule has 0 bridgehead atoms. The lowest BCUT2D eigenvalue weighted by Crippen LogP contribution is -2.32. The van der Waals surface area contributed by atoms with Crippen molar-refractivity contribution in [1.82, 2.24) is 0 Å². The fourth-order valence-corrected chi connectivity index (χ4v) is 1.64. The maximum atomic E-state index is 13.1. The van der Waals surface area contributed by atoms with E-state index in [4.69, 9.17) is 5.11 Å². The van der Waals surface area contributed by atoms with Crippen molar-refractivity contribution in [1.29, 1.82) is 0 Å². The van der Waals surface area contributed by atoms with Gasteiger partial charge in [0.25, 0.3) is 0 Å². The summed E-state index contributed by atoms with van der Waals surface area (Å²) < 4.78 is 13.1. The SMILES string of the molecule is Cc1cc(N(C)C(=O)C(C)CC(=O)O)ccc1F. The molecule has 4 nitrogen and oxygen atoms in total. The van der Waals surface area contributed by atoms with Gasteiger partial charge in [-0.3, -0.25) is 9.59 Å². The van der Waals surface area contributed by atoms with Crippen LogP contribution in [0.2, 0.25) is 0 Å². The topological polar surface area (TPSA) is 57.6 Å². The Morgan fingerprint density at radius 2 is 2.06 bits per heavy atom. The van der Waals surface area contributed by atoms with Gasteiger partial charge in [0.05, 0.1) is 6.42 Å². The Morgan fingerprint density at radius 3 is 2.56 bits per heavy atom. The number of hydrogen-bond acceptors (Lipinski definition) is 2. The summed E-state index contributed by atoms with van der Waals surface area (Å²) in [6.45, 7) is 3.17. The normalized spacial score (nSPS) is 12.0. The molecular weight excluding hydrogens is 237 g/mol. The van der Waals surface area contributed by atoms with Gasteiger partial charge in [0, 0.05) is 18.7 Å². The lowest BCUT2D eigenvalue weighted by molar-refractivity contribution is -0.140. The molecule has 0 aliphatic heterocycles. The third-order valence-electron chi connectivity index (χ3n) is 2.76. The Kier molecular flexibility index (Phi) is 4.42. The quantitative estimate of drug-likeness (QED) is 0.895. The molecule has 1 atom stereocenters. The highest BCUT2D eigenvalue weighted by Gasteiger charge is 2.21. The number of aliphatic carboxylic acids is 1. The summed E-state index contributed by atoms with van der Waals surface area (Å²) in [5.41, 5.74) is 0.995. The second-order valence-corrected chi connectivity index (χ2v) is 4.33. The van der Waals surface area contributed by atoms with Gasteiger partial charge in [-0.05, 0) is 30.7 Å². The maximum Gasteiger partial charge on any atom is 0.304 e. The summed E-state index contributed by atoms with van der Waals surface area (Å²) in [7, 11) is 1.55. The standard InChI is InChI=1S/C13H16FNO3/c1-8-6-10(4-5-11(8)14)15(3)13(18)9(2)7-12(16)17/h4-6,9H,7H2,1-3H3,(H,16,17). The molecule has 0 heterocycles. The molecule has 1 rings (SSSR count). The van der Waals surface area contributed by atoms with Crippen LogP contribution in [0.4, 0.5) is 10.1 Å². The first kappa shape index (κ1) is 14.2. The maximum absolute atomic E-state index is 13.1. The van der Waals surface area contributed by atoms with E-state index in [9.17, 15) is 14.0 Å². The molecule has 0 saturated carbocycles. The molecule has 1 amide bonds. The molecule has 0 aliphatic carbocycles. The van der Waals surface area contributed by atoms with Crippen molar-refractivity contribution in [3.63, 3.8) is 0 Å². The number of aryl methyl sites for hydroxylation is 1. The summed E-state index contributed by atoms with van der Waals surface area (Å²) in [5, 5.41) is 8.65. The van der Waals surface area contributed by atoms with E-state index in [-0.39, 0.29) is 18.1 Å². The van der Waals surface area contributed by atoms with Gasteiger partial charge < -0.3 is 10.0 Å². The number of hydrogen-bond donors (Lipinski definition) is 1. The molecular formula is C13H16FNO3. The first-order valence-corrected chi connectivity index (χ1v) is 5.58.